The molecule has 0 aliphatic carbocycles. The quantitative estimate of drug-likeness (QED) is 0.850. The maximum absolute atomic E-state index is 12.7. The summed E-state index contributed by atoms with van der Waals surface area (Å²) < 4.78 is 27.0. The number of benzene rings is 1. The second-order valence-electron chi connectivity index (χ2n) is 6.82. The van der Waals surface area contributed by atoms with Crippen LogP contribution in [0.25, 0.3) is 0 Å². The highest BCUT2D eigenvalue weighted by molar-refractivity contribution is 7.89. The van der Waals surface area contributed by atoms with Crippen LogP contribution < -0.4 is 5.32 Å². The number of hydrogen-bond donors (Lipinski definition) is 1. The number of anilines is 1. The van der Waals surface area contributed by atoms with Gasteiger partial charge in [0.1, 0.15) is 0 Å². The van der Waals surface area contributed by atoms with E-state index in [2.05, 4.69) is 19.2 Å². The van der Waals surface area contributed by atoms with E-state index >= 15 is 0 Å². The van der Waals surface area contributed by atoms with E-state index in [-0.39, 0.29) is 5.91 Å². The van der Waals surface area contributed by atoms with Crippen LogP contribution in [0, 0.1) is 5.92 Å². The molecule has 0 unspecified atom stereocenters. The topological polar surface area (TPSA) is 66.5 Å². The minimum absolute atomic E-state index is 0.0353. The third kappa shape index (κ3) is 5.31. The number of hydrogen-bond acceptors (Lipinski definition) is 3. The molecule has 0 aromatic heterocycles. The van der Waals surface area contributed by atoms with Crippen molar-refractivity contribution in [2.75, 3.05) is 18.4 Å². The highest BCUT2D eigenvalue weighted by Crippen LogP contribution is 2.22. The van der Waals surface area contributed by atoms with E-state index in [1.54, 1.807) is 28.6 Å². The van der Waals surface area contributed by atoms with Crippen LogP contribution in [0.1, 0.15) is 52.4 Å². The van der Waals surface area contributed by atoms with Gasteiger partial charge in [-0.2, -0.15) is 4.31 Å². The lowest BCUT2D eigenvalue weighted by Crippen LogP contribution is -2.31. The lowest BCUT2D eigenvalue weighted by molar-refractivity contribution is -0.116. The lowest BCUT2D eigenvalue weighted by atomic mass is 10.1. The van der Waals surface area contributed by atoms with E-state index in [1.807, 2.05) is 0 Å². The molecule has 0 saturated carbocycles. The van der Waals surface area contributed by atoms with Crippen LogP contribution in [-0.2, 0) is 14.8 Å². The number of carbonyl (C=O) groups excluding carboxylic acids is 1. The summed E-state index contributed by atoms with van der Waals surface area (Å²) in [4.78, 5) is 12.1. The van der Waals surface area contributed by atoms with Gasteiger partial charge in [0.05, 0.1) is 4.90 Å². The second-order valence-corrected chi connectivity index (χ2v) is 8.76. The standard InChI is InChI=1S/C18H28N2O3S/c1-15(2)7-12-18(21)19-16-8-10-17(11-9-16)24(22,23)20-13-5-3-4-6-14-20/h8-11,15H,3-7,12-14H2,1-2H3,(H,19,21). The van der Waals surface area contributed by atoms with Gasteiger partial charge in [0.25, 0.3) is 0 Å². The van der Waals surface area contributed by atoms with E-state index in [0.29, 0.717) is 36.0 Å². The zero-order valence-corrected chi connectivity index (χ0v) is 15.4. The molecule has 2 rings (SSSR count). The fourth-order valence-corrected chi connectivity index (χ4v) is 4.30. The van der Waals surface area contributed by atoms with Gasteiger partial charge in [-0.05, 0) is 49.4 Å². The zero-order valence-electron chi connectivity index (χ0n) is 14.6. The van der Waals surface area contributed by atoms with E-state index in [9.17, 15) is 13.2 Å². The SMILES string of the molecule is CC(C)CCC(=O)Nc1ccc(S(=O)(=O)N2CCCCCC2)cc1. The molecule has 1 amide bonds. The van der Waals surface area contributed by atoms with Crippen LogP contribution in [0.15, 0.2) is 29.2 Å². The number of sulfonamides is 1. The van der Waals surface area contributed by atoms with Crippen LogP contribution in [0.3, 0.4) is 0 Å². The fourth-order valence-electron chi connectivity index (χ4n) is 2.78. The molecule has 1 heterocycles. The monoisotopic (exact) mass is 352 g/mol. The predicted octanol–water partition coefficient (Wildman–Crippen LogP) is 3.63. The smallest absolute Gasteiger partial charge is 0.243 e. The molecule has 0 atom stereocenters. The van der Waals surface area contributed by atoms with Gasteiger partial charge in [0, 0.05) is 25.2 Å². The van der Waals surface area contributed by atoms with Crippen molar-refractivity contribution in [3.05, 3.63) is 24.3 Å². The van der Waals surface area contributed by atoms with Gasteiger partial charge in [0.15, 0.2) is 0 Å². The molecule has 6 heteroatoms. The maximum Gasteiger partial charge on any atom is 0.243 e. The molecular formula is C18H28N2O3S. The van der Waals surface area contributed by atoms with Gasteiger partial charge in [-0.3, -0.25) is 4.79 Å². The first-order valence-electron chi connectivity index (χ1n) is 8.79. The normalized spacial score (nSPS) is 16.8. The number of nitrogens with zero attached hydrogens (tertiary/aromatic N) is 1. The van der Waals surface area contributed by atoms with E-state index in [0.717, 1.165) is 32.1 Å². The molecule has 134 valence electrons. The Balaban J connectivity index is 2.01. The summed E-state index contributed by atoms with van der Waals surface area (Å²) in [6.07, 6.45) is 5.34. The Morgan fingerprint density at radius 1 is 1.08 bits per heavy atom. The van der Waals surface area contributed by atoms with Crippen LogP contribution in [-0.4, -0.2) is 31.7 Å². The molecule has 1 N–H and O–H groups in total. The Morgan fingerprint density at radius 3 is 2.21 bits per heavy atom. The second kappa shape index (κ2) is 8.62. The Labute approximate surface area is 145 Å². The van der Waals surface area contributed by atoms with E-state index < -0.39 is 10.0 Å². The highest BCUT2D eigenvalue weighted by atomic mass is 32.2. The van der Waals surface area contributed by atoms with Gasteiger partial charge in [0.2, 0.25) is 15.9 Å². The average Bonchev–Trinajstić information content (AvgIpc) is 2.83. The van der Waals surface area contributed by atoms with Crippen LogP contribution in [0.4, 0.5) is 5.69 Å². The minimum Gasteiger partial charge on any atom is -0.326 e. The lowest BCUT2D eigenvalue weighted by Gasteiger charge is -2.20. The van der Waals surface area contributed by atoms with Crippen molar-refractivity contribution in [2.45, 2.75) is 57.3 Å². The van der Waals surface area contributed by atoms with Crippen molar-refractivity contribution >= 4 is 21.6 Å². The summed E-state index contributed by atoms with van der Waals surface area (Å²) >= 11 is 0. The first kappa shape index (κ1) is 18.9. The predicted molar refractivity (Wildman–Crippen MR) is 96.4 cm³/mol. The number of rotatable bonds is 6. The summed E-state index contributed by atoms with van der Waals surface area (Å²) in [5, 5.41) is 2.82. The van der Waals surface area contributed by atoms with Crippen LogP contribution in [0.5, 0.6) is 0 Å². The summed E-state index contributed by atoms with van der Waals surface area (Å²) in [5.74, 6) is 0.448. The van der Waals surface area contributed by atoms with Gasteiger partial charge >= 0.3 is 0 Å². The minimum atomic E-state index is -3.43. The first-order valence-corrected chi connectivity index (χ1v) is 10.2. The molecule has 1 saturated heterocycles. The molecule has 5 nitrogen and oxygen atoms in total. The van der Waals surface area contributed by atoms with E-state index in [1.165, 1.54) is 0 Å². The number of carbonyl (C=O) groups is 1. The largest absolute Gasteiger partial charge is 0.326 e. The van der Waals surface area contributed by atoms with Gasteiger partial charge < -0.3 is 5.32 Å². The van der Waals surface area contributed by atoms with Gasteiger partial charge in [-0.25, -0.2) is 8.42 Å². The summed E-state index contributed by atoms with van der Waals surface area (Å²) in [6, 6.07) is 6.49. The van der Waals surface area contributed by atoms with Crippen molar-refractivity contribution in [1.82, 2.24) is 4.31 Å². The highest BCUT2D eigenvalue weighted by Gasteiger charge is 2.24. The number of nitrogens with one attached hydrogen (secondary N) is 1. The van der Waals surface area contributed by atoms with Gasteiger partial charge in [-0.1, -0.05) is 26.7 Å². The summed E-state index contributed by atoms with van der Waals surface area (Å²) in [5.41, 5.74) is 0.638. The van der Waals surface area contributed by atoms with Crippen molar-refractivity contribution in [2.24, 2.45) is 5.92 Å². The van der Waals surface area contributed by atoms with Crippen molar-refractivity contribution in [3.8, 4) is 0 Å². The van der Waals surface area contributed by atoms with Crippen molar-refractivity contribution in [1.29, 1.82) is 0 Å². The zero-order chi connectivity index (χ0) is 17.6. The van der Waals surface area contributed by atoms with Gasteiger partial charge in [-0.15, -0.1) is 0 Å². The molecule has 1 aliphatic rings. The molecule has 0 radical (unpaired) electrons. The van der Waals surface area contributed by atoms with Crippen molar-refractivity contribution < 1.29 is 13.2 Å². The third-order valence-corrected chi connectivity index (χ3v) is 6.20. The van der Waals surface area contributed by atoms with E-state index in [4.69, 9.17) is 0 Å². The fraction of sp³-hybridized carbons (Fsp3) is 0.611. The first-order chi connectivity index (χ1) is 11.4. The summed E-state index contributed by atoms with van der Waals surface area (Å²) in [7, 11) is -3.43. The summed E-state index contributed by atoms with van der Waals surface area (Å²) in [6.45, 7) is 5.34. The van der Waals surface area contributed by atoms with Crippen molar-refractivity contribution in [3.63, 3.8) is 0 Å². The molecule has 24 heavy (non-hydrogen) atoms. The molecule has 1 fully saturated rings. The molecular weight excluding hydrogens is 324 g/mol. The Kier molecular flexibility index (Phi) is 6.80. The molecule has 1 aromatic carbocycles. The average molecular weight is 353 g/mol. The molecule has 0 spiro atoms. The molecule has 1 aliphatic heterocycles. The Bertz CT molecular complexity index is 631. The Hall–Kier alpha value is -1.40. The Morgan fingerprint density at radius 2 is 1.67 bits per heavy atom. The third-order valence-electron chi connectivity index (χ3n) is 4.29. The maximum atomic E-state index is 12.7. The van der Waals surface area contributed by atoms with Crippen LogP contribution in [0.2, 0.25) is 0 Å². The molecule has 0 bridgehead atoms. The number of amides is 1. The van der Waals surface area contributed by atoms with Crippen LogP contribution >= 0.6 is 0 Å². The molecule has 1 aromatic rings.